The van der Waals surface area contributed by atoms with Gasteiger partial charge in [-0.15, -0.1) is 35.3 Å². The van der Waals surface area contributed by atoms with Gasteiger partial charge in [0, 0.05) is 64.3 Å². The molecule has 0 unspecified atom stereocenters. The van der Waals surface area contributed by atoms with Crippen molar-refractivity contribution in [1.29, 1.82) is 0 Å². The molecule has 3 heterocycles. The molecule has 9 heteroatoms. The van der Waals surface area contributed by atoms with Gasteiger partial charge in [-0.3, -0.25) is 9.79 Å². The maximum absolute atomic E-state index is 12.6. The van der Waals surface area contributed by atoms with Crippen LogP contribution in [-0.4, -0.2) is 80.8 Å². The Labute approximate surface area is 207 Å². The third-order valence-electron chi connectivity index (χ3n) is 5.67. The number of fused-ring (bicyclic) bond motifs is 1. The average molecular weight is 565 g/mol. The summed E-state index contributed by atoms with van der Waals surface area (Å²) in [6, 6.07) is 2.14. The van der Waals surface area contributed by atoms with E-state index < -0.39 is 0 Å². The number of carbonyl (C=O) groups excluding carboxylic acids is 1. The Hall–Kier alpha value is -0.910. The summed E-state index contributed by atoms with van der Waals surface area (Å²) < 4.78 is 11.0. The second kappa shape index (κ2) is 14.3. The molecule has 0 saturated carbocycles. The zero-order valence-electron chi connectivity index (χ0n) is 18.8. The van der Waals surface area contributed by atoms with Gasteiger partial charge in [0.05, 0.1) is 12.6 Å². The van der Waals surface area contributed by atoms with Gasteiger partial charge in [-0.05, 0) is 49.6 Å². The third kappa shape index (κ3) is 8.18. The number of aliphatic imine (C=N–C) groups is 1. The first-order valence-corrected chi connectivity index (χ1v) is 12.1. The standard InChI is InChI=1S/C22H36N4O3S.HI/c1-3-23-22(25-11-6-19(7-12-25)29-15-4-14-28-2)24-10-5-21(27)26-13-8-20-18(17-26)9-16-30-20;/h9,16,19H,3-8,10-15,17H2,1-2H3,(H,23,24);1H. The van der Waals surface area contributed by atoms with Crippen LogP contribution < -0.4 is 5.32 Å². The van der Waals surface area contributed by atoms with Gasteiger partial charge >= 0.3 is 0 Å². The van der Waals surface area contributed by atoms with Crippen LogP contribution in [0.5, 0.6) is 0 Å². The van der Waals surface area contributed by atoms with Gasteiger partial charge in [0.2, 0.25) is 5.91 Å². The van der Waals surface area contributed by atoms with Crippen molar-refractivity contribution in [3.05, 3.63) is 21.9 Å². The van der Waals surface area contributed by atoms with Gasteiger partial charge in [-0.2, -0.15) is 0 Å². The highest BCUT2D eigenvalue weighted by atomic mass is 127. The number of methoxy groups -OCH3 is 1. The van der Waals surface area contributed by atoms with Crippen molar-refractivity contribution in [2.75, 3.05) is 53.0 Å². The van der Waals surface area contributed by atoms with Crippen molar-refractivity contribution >= 4 is 47.2 Å². The zero-order chi connectivity index (χ0) is 21.2. The topological polar surface area (TPSA) is 66.4 Å². The Balaban J connectivity index is 0.00000341. The maximum Gasteiger partial charge on any atom is 0.224 e. The van der Waals surface area contributed by atoms with E-state index in [1.54, 1.807) is 18.4 Å². The Morgan fingerprint density at radius 1 is 1.26 bits per heavy atom. The molecule has 1 saturated heterocycles. The van der Waals surface area contributed by atoms with E-state index in [-0.39, 0.29) is 29.9 Å². The Morgan fingerprint density at radius 2 is 2.06 bits per heavy atom. The molecular formula is C22H37IN4O3S. The van der Waals surface area contributed by atoms with Crippen LogP contribution in [-0.2, 0) is 27.2 Å². The average Bonchev–Trinajstić information content (AvgIpc) is 3.24. The molecule has 31 heavy (non-hydrogen) atoms. The first-order valence-electron chi connectivity index (χ1n) is 11.2. The lowest BCUT2D eigenvalue weighted by molar-refractivity contribution is -0.131. The third-order valence-corrected chi connectivity index (χ3v) is 6.69. The van der Waals surface area contributed by atoms with Crippen molar-refractivity contribution in [1.82, 2.24) is 15.1 Å². The van der Waals surface area contributed by atoms with Gasteiger partial charge in [0.1, 0.15) is 0 Å². The number of thiophene rings is 1. The summed E-state index contributed by atoms with van der Waals surface area (Å²) in [7, 11) is 1.72. The number of likely N-dealkylation sites (tertiary alicyclic amines) is 1. The van der Waals surface area contributed by atoms with Gasteiger partial charge in [-0.1, -0.05) is 0 Å². The molecule has 1 amide bonds. The lowest BCUT2D eigenvalue weighted by Crippen LogP contribution is -2.47. The number of piperidine rings is 1. The van der Waals surface area contributed by atoms with E-state index in [0.29, 0.717) is 19.1 Å². The number of nitrogens with one attached hydrogen (secondary N) is 1. The number of hydrogen-bond donors (Lipinski definition) is 1. The summed E-state index contributed by atoms with van der Waals surface area (Å²) in [6.45, 7) is 8.39. The number of ether oxygens (including phenoxy) is 2. The van der Waals surface area contributed by atoms with Crippen LogP contribution in [0.4, 0.5) is 0 Å². The van der Waals surface area contributed by atoms with E-state index in [2.05, 4.69) is 28.6 Å². The molecule has 0 bridgehead atoms. The molecule has 2 aliphatic rings. The smallest absolute Gasteiger partial charge is 0.224 e. The van der Waals surface area contributed by atoms with Gasteiger partial charge < -0.3 is 24.6 Å². The summed E-state index contributed by atoms with van der Waals surface area (Å²) in [4.78, 5) is 23.1. The predicted octanol–water partition coefficient (Wildman–Crippen LogP) is 3.12. The van der Waals surface area contributed by atoms with Gasteiger partial charge in [-0.25, -0.2) is 0 Å². The molecule has 0 aliphatic carbocycles. The molecule has 0 atom stereocenters. The van der Waals surface area contributed by atoms with Crippen LogP contribution in [0.3, 0.4) is 0 Å². The normalized spacial score (nSPS) is 17.3. The quantitative estimate of drug-likeness (QED) is 0.216. The molecule has 1 aromatic heterocycles. The summed E-state index contributed by atoms with van der Waals surface area (Å²) in [6.07, 6.45) is 4.73. The molecule has 1 aromatic rings. The summed E-state index contributed by atoms with van der Waals surface area (Å²) >= 11 is 1.80. The molecule has 0 spiro atoms. The van der Waals surface area contributed by atoms with Crippen LogP contribution in [0.1, 0.15) is 43.0 Å². The first-order chi connectivity index (χ1) is 14.7. The second-order valence-electron chi connectivity index (χ2n) is 7.82. The molecule has 1 fully saturated rings. The van der Waals surface area contributed by atoms with Crippen LogP contribution in [0.25, 0.3) is 0 Å². The highest BCUT2D eigenvalue weighted by Gasteiger charge is 2.23. The SMILES string of the molecule is CCNC(=NCCC(=O)N1CCc2sccc2C1)N1CCC(OCCCOC)CC1.I. The number of guanidine groups is 1. The van der Waals surface area contributed by atoms with E-state index in [4.69, 9.17) is 14.5 Å². The molecule has 3 rings (SSSR count). The fourth-order valence-corrected chi connectivity index (χ4v) is 4.88. The maximum atomic E-state index is 12.6. The minimum Gasteiger partial charge on any atom is -0.385 e. The van der Waals surface area contributed by atoms with Crippen molar-refractivity contribution in [3.8, 4) is 0 Å². The summed E-state index contributed by atoms with van der Waals surface area (Å²) in [5, 5.41) is 5.51. The zero-order valence-corrected chi connectivity index (χ0v) is 22.0. The van der Waals surface area contributed by atoms with Crippen LogP contribution in [0.15, 0.2) is 16.4 Å². The fourth-order valence-electron chi connectivity index (χ4n) is 3.99. The molecule has 0 radical (unpaired) electrons. The Kier molecular flexibility index (Phi) is 12.1. The Bertz CT molecular complexity index is 692. The summed E-state index contributed by atoms with van der Waals surface area (Å²) in [5.41, 5.74) is 1.31. The fraction of sp³-hybridized carbons (Fsp3) is 0.727. The largest absolute Gasteiger partial charge is 0.385 e. The number of nitrogens with zero attached hydrogens (tertiary/aromatic N) is 3. The van der Waals surface area contributed by atoms with E-state index in [9.17, 15) is 4.79 Å². The van der Waals surface area contributed by atoms with E-state index in [1.165, 1.54) is 10.4 Å². The Morgan fingerprint density at radius 3 is 2.81 bits per heavy atom. The molecule has 2 aliphatic heterocycles. The predicted molar refractivity (Wildman–Crippen MR) is 136 cm³/mol. The molecule has 0 aromatic carbocycles. The van der Waals surface area contributed by atoms with Crippen molar-refractivity contribution in [2.45, 2.75) is 51.7 Å². The van der Waals surface area contributed by atoms with E-state index in [0.717, 1.165) is 77.6 Å². The van der Waals surface area contributed by atoms with E-state index in [1.807, 2.05) is 4.90 Å². The molecule has 1 N–H and O–H groups in total. The molecular weight excluding hydrogens is 527 g/mol. The molecule has 7 nitrogen and oxygen atoms in total. The minimum absolute atomic E-state index is 0. The first kappa shape index (κ1) is 26.3. The lowest BCUT2D eigenvalue weighted by Gasteiger charge is -2.34. The molecule has 176 valence electrons. The van der Waals surface area contributed by atoms with Crippen molar-refractivity contribution < 1.29 is 14.3 Å². The van der Waals surface area contributed by atoms with Gasteiger partial charge in [0.25, 0.3) is 0 Å². The highest BCUT2D eigenvalue weighted by Crippen LogP contribution is 2.24. The van der Waals surface area contributed by atoms with Crippen LogP contribution in [0, 0.1) is 0 Å². The van der Waals surface area contributed by atoms with Crippen LogP contribution in [0.2, 0.25) is 0 Å². The summed E-state index contributed by atoms with van der Waals surface area (Å²) in [5.74, 6) is 1.12. The number of carbonyl (C=O) groups is 1. The number of rotatable bonds is 9. The van der Waals surface area contributed by atoms with Crippen molar-refractivity contribution in [2.24, 2.45) is 4.99 Å². The number of halogens is 1. The van der Waals surface area contributed by atoms with Gasteiger partial charge in [0.15, 0.2) is 5.96 Å². The second-order valence-corrected chi connectivity index (χ2v) is 8.82. The monoisotopic (exact) mass is 564 g/mol. The number of hydrogen-bond acceptors (Lipinski definition) is 5. The minimum atomic E-state index is 0. The lowest BCUT2D eigenvalue weighted by atomic mass is 10.1. The number of amides is 1. The van der Waals surface area contributed by atoms with Crippen molar-refractivity contribution in [3.63, 3.8) is 0 Å². The van der Waals surface area contributed by atoms with E-state index >= 15 is 0 Å². The van der Waals surface area contributed by atoms with Crippen LogP contribution >= 0.6 is 35.3 Å². The highest BCUT2D eigenvalue weighted by molar-refractivity contribution is 14.0.